The molecule has 4 heterocycles. The fourth-order valence-electron chi connectivity index (χ4n) is 4.22. The van der Waals surface area contributed by atoms with E-state index in [1.54, 1.807) is 18.6 Å². The predicted octanol–water partition coefficient (Wildman–Crippen LogP) is 3.75. The van der Waals surface area contributed by atoms with Gasteiger partial charge in [0.25, 0.3) is 5.91 Å². The summed E-state index contributed by atoms with van der Waals surface area (Å²) in [5.74, 6) is 3.12. The van der Waals surface area contributed by atoms with Crippen molar-refractivity contribution in [2.45, 2.75) is 23.0 Å². The normalized spacial score (nSPS) is 22.1. The molecule has 2 saturated heterocycles. The number of piperidine rings is 1. The number of aromatic nitrogens is 2. The van der Waals surface area contributed by atoms with Gasteiger partial charge in [0.1, 0.15) is 0 Å². The van der Waals surface area contributed by atoms with Crippen molar-refractivity contribution in [2.75, 3.05) is 28.7 Å². The zero-order chi connectivity index (χ0) is 19.1. The summed E-state index contributed by atoms with van der Waals surface area (Å²) < 4.78 is 0.245. The Morgan fingerprint density at radius 1 is 1.25 bits per heavy atom. The Kier molecular flexibility index (Phi) is 4.68. The molecule has 1 spiro atoms. The van der Waals surface area contributed by atoms with Gasteiger partial charge in [0.05, 0.1) is 16.3 Å². The van der Waals surface area contributed by atoms with Crippen molar-refractivity contribution in [2.24, 2.45) is 0 Å². The smallest absolute Gasteiger partial charge is 0.254 e. The molecule has 1 aromatic carbocycles. The summed E-state index contributed by atoms with van der Waals surface area (Å²) in [4.78, 5) is 23.3. The zero-order valence-electron chi connectivity index (χ0n) is 15.1. The minimum Gasteiger partial charge on any atom is -0.332 e. The number of nitrogens with zero attached hydrogens (tertiary/aromatic N) is 3. The van der Waals surface area contributed by atoms with Gasteiger partial charge in [-0.2, -0.15) is 0 Å². The second-order valence-corrected chi connectivity index (χ2v) is 10.6. The topological polar surface area (TPSA) is 70.1 Å². The lowest BCUT2D eigenvalue weighted by atomic mass is 9.95. The molecule has 2 N–H and O–H groups in total. The summed E-state index contributed by atoms with van der Waals surface area (Å²) >= 11 is 9.60. The van der Waals surface area contributed by atoms with Crippen molar-refractivity contribution >= 4 is 58.3 Å². The van der Waals surface area contributed by atoms with Gasteiger partial charge in [-0.25, -0.2) is 4.98 Å². The van der Waals surface area contributed by atoms with Crippen molar-refractivity contribution in [3.63, 3.8) is 0 Å². The number of benzene rings is 1. The third-order valence-electron chi connectivity index (χ3n) is 5.41. The van der Waals surface area contributed by atoms with E-state index in [4.69, 9.17) is 12.2 Å². The van der Waals surface area contributed by atoms with Crippen molar-refractivity contribution < 1.29 is 4.79 Å². The van der Waals surface area contributed by atoms with Gasteiger partial charge >= 0.3 is 0 Å². The molecule has 0 bridgehead atoms. The second-order valence-electron chi connectivity index (χ2n) is 7.01. The molecule has 1 aromatic heterocycles. The Morgan fingerprint density at radius 3 is 2.89 bits per heavy atom. The highest BCUT2D eigenvalue weighted by molar-refractivity contribution is 8.21. The van der Waals surface area contributed by atoms with Crippen LogP contribution in [-0.4, -0.2) is 48.0 Å². The number of rotatable bonds is 2. The number of nitrogens with one attached hydrogen (secondary N) is 2. The molecule has 0 radical (unpaired) electrons. The Hall–Kier alpha value is -1.84. The van der Waals surface area contributed by atoms with Crippen LogP contribution in [0.1, 0.15) is 34.8 Å². The van der Waals surface area contributed by atoms with Crippen LogP contribution in [0.3, 0.4) is 0 Å². The Bertz CT molecular complexity index is 932. The van der Waals surface area contributed by atoms with Crippen molar-refractivity contribution in [1.29, 1.82) is 0 Å². The summed E-state index contributed by atoms with van der Waals surface area (Å²) in [6, 6.07) is 5.95. The molecule has 1 atom stereocenters. The molecular formula is C19H19N5OS3. The number of carbonyl (C=O) groups is 1. The third kappa shape index (κ3) is 3.15. The molecule has 6 nitrogen and oxygen atoms in total. The molecule has 1 amide bonds. The van der Waals surface area contributed by atoms with Gasteiger partial charge in [-0.1, -0.05) is 6.07 Å². The standard InChI is InChI=1S/C19H19N5OS3/c25-17-12-2-1-3-13(22-18(26)23-15-11-20-5-6-21-15)16(12)14-10-19(4-7-24(14)17)27-8-9-28-19/h1-3,5-6,11,14H,4,7-10H2,(H2,21,22,23,26). The first-order valence-electron chi connectivity index (χ1n) is 9.21. The van der Waals surface area contributed by atoms with Crippen LogP contribution in [0.25, 0.3) is 0 Å². The molecule has 0 saturated carbocycles. The van der Waals surface area contributed by atoms with Crippen LogP contribution < -0.4 is 10.6 Å². The van der Waals surface area contributed by atoms with E-state index in [2.05, 4.69) is 44.1 Å². The van der Waals surface area contributed by atoms with Gasteiger partial charge in [0.2, 0.25) is 0 Å². The fraction of sp³-hybridized carbons (Fsp3) is 0.368. The van der Waals surface area contributed by atoms with Crippen LogP contribution in [0, 0.1) is 0 Å². The molecule has 5 rings (SSSR count). The maximum Gasteiger partial charge on any atom is 0.254 e. The Balaban J connectivity index is 1.43. The summed E-state index contributed by atoms with van der Waals surface area (Å²) in [5, 5.41) is 6.78. The minimum absolute atomic E-state index is 0.109. The van der Waals surface area contributed by atoms with Crippen LogP contribution in [0.2, 0.25) is 0 Å². The molecule has 2 aromatic rings. The van der Waals surface area contributed by atoms with E-state index < -0.39 is 0 Å². The number of hydrogen-bond donors (Lipinski definition) is 2. The summed E-state index contributed by atoms with van der Waals surface area (Å²) in [5.41, 5.74) is 2.76. The van der Waals surface area contributed by atoms with Gasteiger partial charge in [0.15, 0.2) is 10.9 Å². The van der Waals surface area contributed by atoms with Gasteiger partial charge in [-0.15, -0.1) is 23.5 Å². The highest BCUT2D eigenvalue weighted by Gasteiger charge is 2.49. The van der Waals surface area contributed by atoms with E-state index in [1.807, 2.05) is 23.1 Å². The summed E-state index contributed by atoms with van der Waals surface area (Å²) in [6.45, 7) is 0.819. The lowest BCUT2D eigenvalue weighted by molar-refractivity contribution is 0.0669. The number of anilines is 2. The highest BCUT2D eigenvalue weighted by atomic mass is 32.2. The van der Waals surface area contributed by atoms with Gasteiger partial charge in [0, 0.05) is 47.3 Å². The van der Waals surface area contributed by atoms with E-state index in [0.29, 0.717) is 10.9 Å². The third-order valence-corrected chi connectivity index (χ3v) is 9.19. The molecule has 144 valence electrons. The minimum atomic E-state index is 0.109. The van der Waals surface area contributed by atoms with E-state index in [9.17, 15) is 4.79 Å². The first-order valence-corrected chi connectivity index (χ1v) is 11.6. The number of carbonyl (C=O) groups excluding carboxylic acids is 1. The lowest BCUT2D eigenvalue weighted by Gasteiger charge is -2.41. The molecule has 28 heavy (non-hydrogen) atoms. The fourth-order valence-corrected chi connectivity index (χ4v) is 7.70. The molecular weight excluding hydrogens is 410 g/mol. The quantitative estimate of drug-likeness (QED) is 0.700. The van der Waals surface area contributed by atoms with Crippen molar-refractivity contribution in [1.82, 2.24) is 14.9 Å². The maximum absolute atomic E-state index is 13.0. The first kappa shape index (κ1) is 18.2. The molecule has 9 heteroatoms. The van der Waals surface area contributed by atoms with Gasteiger partial charge in [-0.05, 0) is 37.2 Å². The van der Waals surface area contributed by atoms with Gasteiger partial charge < -0.3 is 15.5 Å². The molecule has 0 aliphatic carbocycles. The predicted molar refractivity (Wildman–Crippen MR) is 119 cm³/mol. The lowest BCUT2D eigenvalue weighted by Crippen LogP contribution is -2.41. The number of hydrogen-bond acceptors (Lipinski definition) is 6. The van der Waals surface area contributed by atoms with Crippen LogP contribution in [0.5, 0.6) is 0 Å². The zero-order valence-corrected chi connectivity index (χ0v) is 17.5. The summed E-state index contributed by atoms with van der Waals surface area (Å²) in [7, 11) is 0. The van der Waals surface area contributed by atoms with E-state index in [0.717, 1.165) is 36.2 Å². The average molecular weight is 430 g/mol. The molecule has 2 fully saturated rings. The first-order chi connectivity index (χ1) is 13.7. The average Bonchev–Trinajstić information content (AvgIpc) is 3.26. The van der Waals surface area contributed by atoms with Crippen molar-refractivity contribution in [3.05, 3.63) is 47.9 Å². The number of thiocarbonyl (C=S) groups is 1. The van der Waals surface area contributed by atoms with Crippen LogP contribution >= 0.6 is 35.7 Å². The molecule has 3 aliphatic heterocycles. The van der Waals surface area contributed by atoms with E-state index >= 15 is 0 Å². The van der Waals surface area contributed by atoms with Crippen LogP contribution in [0.15, 0.2) is 36.8 Å². The van der Waals surface area contributed by atoms with E-state index in [-0.39, 0.29) is 16.0 Å². The Labute approximate surface area is 177 Å². The number of amides is 1. The van der Waals surface area contributed by atoms with E-state index in [1.165, 1.54) is 11.5 Å². The molecule has 3 aliphatic rings. The van der Waals surface area contributed by atoms with Gasteiger partial charge in [-0.3, -0.25) is 9.78 Å². The maximum atomic E-state index is 13.0. The monoisotopic (exact) mass is 429 g/mol. The Morgan fingerprint density at radius 2 is 2.11 bits per heavy atom. The van der Waals surface area contributed by atoms with Crippen LogP contribution in [0.4, 0.5) is 11.5 Å². The summed E-state index contributed by atoms with van der Waals surface area (Å²) in [6.07, 6.45) is 6.90. The highest BCUT2D eigenvalue weighted by Crippen LogP contribution is 2.57. The number of fused-ring (bicyclic) bond motifs is 3. The van der Waals surface area contributed by atoms with Crippen LogP contribution in [-0.2, 0) is 0 Å². The number of thioether (sulfide) groups is 2. The SMILES string of the molecule is O=C1c2cccc(NC(=S)Nc3cnccn3)c2C2CC3(CCN12)SCCS3. The molecule has 1 unspecified atom stereocenters. The largest absolute Gasteiger partial charge is 0.332 e. The second kappa shape index (κ2) is 7.20. The van der Waals surface area contributed by atoms with Crippen molar-refractivity contribution in [3.8, 4) is 0 Å².